The van der Waals surface area contributed by atoms with Crippen molar-refractivity contribution in [3.63, 3.8) is 0 Å². The van der Waals surface area contributed by atoms with Crippen LogP contribution in [0.2, 0.25) is 0 Å². The van der Waals surface area contributed by atoms with Crippen molar-refractivity contribution in [2.75, 3.05) is 17.7 Å². The summed E-state index contributed by atoms with van der Waals surface area (Å²) in [6.45, 7) is 0.521. The van der Waals surface area contributed by atoms with E-state index >= 15 is 0 Å². The minimum atomic E-state index is -0.662. The summed E-state index contributed by atoms with van der Waals surface area (Å²) in [4.78, 5) is 37.9. The maximum absolute atomic E-state index is 14.1. The molecule has 4 rings (SSSR count). The Balaban J connectivity index is 1.54. The molecule has 1 unspecified atom stereocenters. The Morgan fingerprint density at radius 2 is 2.03 bits per heavy atom. The number of carbonyl (C=O) groups is 3. The average Bonchev–Trinajstić information content (AvgIpc) is 3.04. The van der Waals surface area contributed by atoms with Gasteiger partial charge in [-0.05, 0) is 36.8 Å². The fraction of sp³-hybridized carbons (Fsp3) is 0.286. The minimum Gasteiger partial charge on any atom is -0.388 e. The number of hydrogen-bond acceptors (Lipinski definition) is 5. The summed E-state index contributed by atoms with van der Waals surface area (Å²) in [5, 5.41) is 8.49. The zero-order valence-electron chi connectivity index (χ0n) is 15.9. The zero-order valence-corrected chi connectivity index (χ0v) is 15.9. The summed E-state index contributed by atoms with van der Waals surface area (Å²) < 4.78 is 14.1. The Morgan fingerprint density at radius 3 is 2.79 bits per heavy atom. The van der Waals surface area contributed by atoms with E-state index in [-0.39, 0.29) is 37.1 Å². The SMILES string of the molecule is CNc1ccc(F)c(CNc2cccc3c2CN(C2CCC(=O)NC2=O)C3=O)c1. The minimum absolute atomic E-state index is 0.211. The summed E-state index contributed by atoms with van der Waals surface area (Å²) in [7, 11) is 1.77. The smallest absolute Gasteiger partial charge is 0.255 e. The van der Waals surface area contributed by atoms with E-state index in [1.54, 1.807) is 31.3 Å². The van der Waals surface area contributed by atoms with Crippen molar-refractivity contribution in [3.05, 3.63) is 58.9 Å². The second kappa shape index (κ2) is 7.54. The lowest BCUT2D eigenvalue weighted by Crippen LogP contribution is -2.52. The number of anilines is 2. The fourth-order valence-corrected chi connectivity index (χ4v) is 3.81. The summed E-state index contributed by atoms with van der Waals surface area (Å²) >= 11 is 0. The number of nitrogens with zero attached hydrogens (tertiary/aromatic N) is 1. The van der Waals surface area contributed by atoms with Gasteiger partial charge in [-0.1, -0.05) is 6.07 Å². The molecule has 8 heteroatoms. The molecule has 1 fully saturated rings. The number of nitrogens with one attached hydrogen (secondary N) is 3. The van der Waals surface area contributed by atoms with Crippen LogP contribution in [0.15, 0.2) is 36.4 Å². The molecule has 0 bridgehead atoms. The molecule has 2 heterocycles. The van der Waals surface area contributed by atoms with Gasteiger partial charge in [0.05, 0.1) is 0 Å². The largest absolute Gasteiger partial charge is 0.388 e. The first-order chi connectivity index (χ1) is 14.0. The van der Waals surface area contributed by atoms with Crippen molar-refractivity contribution in [1.29, 1.82) is 0 Å². The van der Waals surface area contributed by atoms with Crippen LogP contribution in [0.25, 0.3) is 0 Å². The predicted octanol–water partition coefficient (Wildman–Crippen LogP) is 2.24. The Kier molecular flexibility index (Phi) is 4.92. The molecule has 0 aliphatic carbocycles. The molecule has 2 aliphatic heterocycles. The van der Waals surface area contributed by atoms with Crippen molar-refractivity contribution >= 4 is 29.1 Å². The molecule has 2 aromatic rings. The van der Waals surface area contributed by atoms with E-state index in [1.807, 2.05) is 6.07 Å². The fourth-order valence-electron chi connectivity index (χ4n) is 3.81. The molecule has 0 radical (unpaired) electrons. The number of benzene rings is 2. The van der Waals surface area contributed by atoms with E-state index in [4.69, 9.17) is 0 Å². The molecule has 7 nitrogen and oxygen atoms in total. The monoisotopic (exact) mass is 396 g/mol. The zero-order chi connectivity index (χ0) is 20.5. The lowest BCUT2D eigenvalue weighted by atomic mass is 10.0. The van der Waals surface area contributed by atoms with Gasteiger partial charge >= 0.3 is 0 Å². The van der Waals surface area contributed by atoms with Crippen LogP contribution in [-0.2, 0) is 22.7 Å². The van der Waals surface area contributed by atoms with Crippen LogP contribution < -0.4 is 16.0 Å². The Morgan fingerprint density at radius 1 is 1.21 bits per heavy atom. The second-order valence-electron chi connectivity index (χ2n) is 7.14. The van der Waals surface area contributed by atoms with E-state index < -0.39 is 11.9 Å². The van der Waals surface area contributed by atoms with Crippen LogP contribution in [0.3, 0.4) is 0 Å². The van der Waals surface area contributed by atoms with Gasteiger partial charge in [-0.2, -0.15) is 0 Å². The molecule has 3 N–H and O–H groups in total. The van der Waals surface area contributed by atoms with Crippen LogP contribution >= 0.6 is 0 Å². The van der Waals surface area contributed by atoms with E-state index in [0.717, 1.165) is 16.9 Å². The topological polar surface area (TPSA) is 90.5 Å². The van der Waals surface area contributed by atoms with E-state index in [2.05, 4.69) is 16.0 Å². The van der Waals surface area contributed by atoms with Gasteiger partial charge in [-0.3, -0.25) is 19.7 Å². The molecule has 0 saturated carbocycles. The first-order valence-corrected chi connectivity index (χ1v) is 9.44. The van der Waals surface area contributed by atoms with Crippen LogP contribution in [0, 0.1) is 5.82 Å². The highest BCUT2D eigenvalue weighted by Gasteiger charge is 2.39. The van der Waals surface area contributed by atoms with Gasteiger partial charge in [-0.15, -0.1) is 0 Å². The third-order valence-corrected chi connectivity index (χ3v) is 5.39. The Bertz CT molecular complexity index is 1010. The predicted molar refractivity (Wildman–Crippen MR) is 106 cm³/mol. The lowest BCUT2D eigenvalue weighted by molar-refractivity contribution is -0.136. The van der Waals surface area contributed by atoms with Crippen LogP contribution in [0.5, 0.6) is 0 Å². The van der Waals surface area contributed by atoms with Crippen molar-refractivity contribution < 1.29 is 18.8 Å². The van der Waals surface area contributed by atoms with Crippen molar-refractivity contribution in [2.24, 2.45) is 0 Å². The van der Waals surface area contributed by atoms with E-state index in [9.17, 15) is 18.8 Å². The quantitative estimate of drug-likeness (QED) is 0.675. The first kappa shape index (κ1) is 18.9. The van der Waals surface area contributed by atoms with Gasteiger partial charge in [0, 0.05) is 54.6 Å². The van der Waals surface area contributed by atoms with Gasteiger partial charge in [0.25, 0.3) is 5.91 Å². The van der Waals surface area contributed by atoms with E-state index in [0.29, 0.717) is 17.5 Å². The van der Waals surface area contributed by atoms with Gasteiger partial charge < -0.3 is 15.5 Å². The standard InChI is InChI=1S/C21H21FN4O3/c1-23-13-5-6-16(22)12(9-13)10-24-17-4-2-3-14-15(17)11-26(21(14)29)18-7-8-19(27)25-20(18)28/h2-6,9,18,23-24H,7-8,10-11H2,1H3,(H,25,27,28). The highest BCUT2D eigenvalue weighted by Crippen LogP contribution is 2.32. The number of fused-ring (bicyclic) bond motifs is 1. The molecular formula is C21H21FN4O3. The number of hydrogen-bond donors (Lipinski definition) is 3. The third kappa shape index (κ3) is 3.53. The molecule has 2 aliphatic rings. The molecule has 3 amide bonds. The van der Waals surface area contributed by atoms with Crippen molar-refractivity contribution in [3.8, 4) is 0 Å². The molecule has 150 valence electrons. The van der Waals surface area contributed by atoms with Gasteiger partial charge in [-0.25, -0.2) is 4.39 Å². The second-order valence-corrected chi connectivity index (χ2v) is 7.14. The van der Waals surface area contributed by atoms with Gasteiger partial charge in [0.2, 0.25) is 11.8 Å². The molecular weight excluding hydrogens is 375 g/mol. The normalized spacial score (nSPS) is 18.5. The van der Waals surface area contributed by atoms with Crippen LogP contribution in [0.4, 0.5) is 15.8 Å². The van der Waals surface area contributed by atoms with E-state index in [1.165, 1.54) is 11.0 Å². The maximum Gasteiger partial charge on any atom is 0.255 e. The number of carbonyl (C=O) groups excluding carboxylic acids is 3. The third-order valence-electron chi connectivity index (χ3n) is 5.39. The number of rotatable bonds is 5. The summed E-state index contributed by atoms with van der Waals surface area (Å²) in [5.41, 5.74) is 3.32. The maximum atomic E-state index is 14.1. The number of halogens is 1. The lowest BCUT2D eigenvalue weighted by Gasteiger charge is -2.29. The van der Waals surface area contributed by atoms with Crippen molar-refractivity contribution in [1.82, 2.24) is 10.2 Å². The molecule has 29 heavy (non-hydrogen) atoms. The van der Waals surface area contributed by atoms with Crippen LogP contribution in [-0.4, -0.2) is 35.7 Å². The molecule has 0 aromatic heterocycles. The molecule has 0 spiro atoms. The molecule has 1 atom stereocenters. The average molecular weight is 396 g/mol. The number of piperidine rings is 1. The van der Waals surface area contributed by atoms with Crippen molar-refractivity contribution in [2.45, 2.75) is 32.0 Å². The first-order valence-electron chi connectivity index (χ1n) is 9.44. The highest BCUT2D eigenvalue weighted by molar-refractivity contribution is 6.06. The highest BCUT2D eigenvalue weighted by atomic mass is 19.1. The molecule has 2 aromatic carbocycles. The summed E-state index contributed by atoms with van der Waals surface area (Å²) in [5.74, 6) is -1.31. The number of imide groups is 1. The summed E-state index contributed by atoms with van der Waals surface area (Å²) in [6.07, 6.45) is 0.526. The van der Waals surface area contributed by atoms with Crippen LogP contribution in [0.1, 0.15) is 34.3 Å². The summed E-state index contributed by atoms with van der Waals surface area (Å²) in [6, 6.07) is 9.45. The Labute approximate surface area is 167 Å². The van der Waals surface area contributed by atoms with Gasteiger partial charge in [0.1, 0.15) is 11.9 Å². The number of amides is 3. The molecule has 1 saturated heterocycles. The van der Waals surface area contributed by atoms with Gasteiger partial charge in [0.15, 0.2) is 0 Å². The Hall–Kier alpha value is -3.42.